The van der Waals surface area contributed by atoms with Gasteiger partial charge in [-0.3, -0.25) is 19.4 Å². The number of hydrogen-bond acceptors (Lipinski definition) is 5. The van der Waals surface area contributed by atoms with Gasteiger partial charge in [-0.05, 0) is 48.4 Å². The minimum Gasteiger partial charge on any atom is -0.324 e. The van der Waals surface area contributed by atoms with E-state index >= 15 is 0 Å². The van der Waals surface area contributed by atoms with Crippen molar-refractivity contribution in [1.29, 1.82) is 0 Å². The molecule has 6 rings (SSSR count). The number of likely N-dealkylation sites (N-methyl/N-ethyl adjacent to an activating group) is 1. The Labute approximate surface area is 231 Å². The minimum atomic E-state index is -1.21. The molecule has 0 bridgehead atoms. The highest BCUT2D eigenvalue weighted by Gasteiger charge is 2.77. The molecule has 2 amide bonds. The number of nitrogens with zero attached hydrogens (tertiary/aromatic N) is 2. The fourth-order valence-corrected chi connectivity index (χ4v) is 8.54. The second kappa shape index (κ2) is 8.95. The van der Waals surface area contributed by atoms with E-state index < -0.39 is 10.3 Å². The average Bonchev–Trinajstić information content (AvgIpc) is 3.44. The number of anilines is 1. The van der Waals surface area contributed by atoms with Crippen LogP contribution in [-0.4, -0.2) is 44.3 Å². The third-order valence-electron chi connectivity index (χ3n) is 8.00. The molecule has 3 aliphatic heterocycles. The number of amides is 2. The molecule has 3 heterocycles. The Kier molecular flexibility index (Phi) is 5.95. The van der Waals surface area contributed by atoms with E-state index in [4.69, 9.17) is 23.8 Å². The van der Waals surface area contributed by atoms with Gasteiger partial charge in [-0.25, -0.2) is 0 Å². The van der Waals surface area contributed by atoms with E-state index in [-0.39, 0.29) is 17.7 Å². The molecule has 3 aliphatic rings. The molecule has 3 aromatic rings. The van der Waals surface area contributed by atoms with E-state index in [9.17, 15) is 9.59 Å². The highest BCUT2D eigenvalue weighted by molar-refractivity contribution is 8.25. The first-order valence-electron chi connectivity index (χ1n) is 12.3. The summed E-state index contributed by atoms with van der Waals surface area (Å²) in [5.41, 5.74) is 3.46. The van der Waals surface area contributed by atoms with Crippen LogP contribution in [0.2, 0.25) is 5.02 Å². The topological polar surface area (TPSA) is 52.7 Å². The van der Waals surface area contributed by atoms with Gasteiger partial charge in [-0.15, -0.1) is 0 Å². The number of benzene rings is 3. The van der Waals surface area contributed by atoms with Crippen molar-refractivity contribution in [2.45, 2.75) is 36.1 Å². The predicted molar refractivity (Wildman–Crippen MR) is 153 cm³/mol. The van der Waals surface area contributed by atoms with Crippen LogP contribution >= 0.6 is 35.6 Å². The van der Waals surface area contributed by atoms with Crippen LogP contribution in [0.15, 0.2) is 72.8 Å². The van der Waals surface area contributed by atoms with Gasteiger partial charge in [0.1, 0.15) is 9.07 Å². The molecule has 0 aromatic heterocycles. The summed E-state index contributed by atoms with van der Waals surface area (Å²) in [5, 5.41) is 3.74. The normalized spacial score (nSPS) is 26.9. The molecule has 0 aliphatic carbocycles. The first-order chi connectivity index (χ1) is 17.8. The zero-order valence-corrected chi connectivity index (χ0v) is 22.9. The molecule has 0 saturated carbocycles. The summed E-state index contributed by atoms with van der Waals surface area (Å²) in [6.07, 6.45) is 0.828. The molecule has 3 unspecified atom stereocenters. The lowest BCUT2D eigenvalue weighted by Crippen LogP contribution is -2.61. The van der Waals surface area contributed by atoms with Crippen LogP contribution in [0, 0.1) is 0 Å². The SMILES string of the molecule is CCc1ccc2c(c1)C1(C(=O)N2)N(C)CC(c2ccc(Cl)cc2)C12SC(=S)N(Cc1ccccc1)C2=O. The molecule has 1 N–H and O–H groups in total. The van der Waals surface area contributed by atoms with Crippen molar-refractivity contribution in [3.63, 3.8) is 0 Å². The molecule has 0 radical (unpaired) electrons. The maximum atomic E-state index is 14.8. The van der Waals surface area contributed by atoms with Crippen molar-refractivity contribution in [2.75, 3.05) is 18.9 Å². The van der Waals surface area contributed by atoms with E-state index in [0.29, 0.717) is 22.4 Å². The van der Waals surface area contributed by atoms with Gasteiger partial charge in [0.2, 0.25) is 5.91 Å². The maximum absolute atomic E-state index is 14.8. The summed E-state index contributed by atoms with van der Waals surface area (Å²) in [7, 11) is 1.95. The number of thiocarbonyl (C=S) groups is 1. The van der Waals surface area contributed by atoms with Gasteiger partial charge in [0, 0.05) is 28.7 Å². The summed E-state index contributed by atoms with van der Waals surface area (Å²) in [4.78, 5) is 32.7. The number of likely N-dealkylation sites (tertiary alicyclic amines) is 1. The Morgan fingerprint density at radius 1 is 1.05 bits per heavy atom. The Morgan fingerprint density at radius 2 is 1.78 bits per heavy atom. The average molecular weight is 548 g/mol. The number of rotatable bonds is 4. The van der Waals surface area contributed by atoms with Crippen LogP contribution in [-0.2, 0) is 28.1 Å². The number of halogens is 1. The Morgan fingerprint density at radius 3 is 2.49 bits per heavy atom. The lowest BCUT2D eigenvalue weighted by molar-refractivity contribution is -0.138. The molecular formula is C29H26ClN3O2S2. The van der Waals surface area contributed by atoms with Crippen LogP contribution in [0.3, 0.4) is 0 Å². The molecule has 2 saturated heterocycles. The molecule has 8 heteroatoms. The monoisotopic (exact) mass is 547 g/mol. The van der Waals surface area contributed by atoms with Crippen LogP contribution in [0.4, 0.5) is 5.69 Å². The van der Waals surface area contributed by atoms with E-state index in [1.165, 1.54) is 11.8 Å². The number of fused-ring (bicyclic) bond motifs is 3. The maximum Gasteiger partial charge on any atom is 0.251 e. The summed E-state index contributed by atoms with van der Waals surface area (Å²) < 4.78 is -0.682. The summed E-state index contributed by atoms with van der Waals surface area (Å²) in [5.74, 6) is -0.589. The van der Waals surface area contributed by atoms with Crippen LogP contribution in [0.1, 0.15) is 35.1 Å². The zero-order valence-electron chi connectivity index (χ0n) is 20.5. The molecule has 2 spiro atoms. The highest BCUT2D eigenvalue weighted by Crippen LogP contribution is 2.66. The zero-order chi connectivity index (χ0) is 25.9. The molecule has 3 aromatic carbocycles. The van der Waals surface area contributed by atoms with E-state index in [2.05, 4.69) is 23.2 Å². The molecular weight excluding hydrogens is 522 g/mol. The second-order valence-corrected chi connectivity index (χ2v) is 12.2. The van der Waals surface area contributed by atoms with Gasteiger partial charge in [0.15, 0.2) is 5.54 Å². The van der Waals surface area contributed by atoms with Gasteiger partial charge in [-0.1, -0.05) is 97.1 Å². The molecule has 5 nitrogen and oxygen atoms in total. The van der Waals surface area contributed by atoms with Gasteiger partial charge in [-0.2, -0.15) is 0 Å². The van der Waals surface area contributed by atoms with Crippen molar-refractivity contribution in [3.8, 4) is 0 Å². The van der Waals surface area contributed by atoms with Gasteiger partial charge in [0.05, 0.1) is 6.54 Å². The van der Waals surface area contributed by atoms with Crippen molar-refractivity contribution in [3.05, 3.63) is 100 Å². The van der Waals surface area contributed by atoms with Crippen LogP contribution in [0.25, 0.3) is 0 Å². The fraction of sp³-hybridized carbons (Fsp3) is 0.276. The minimum absolute atomic E-state index is 0.124. The third-order valence-corrected chi connectivity index (χ3v) is 10.2. The van der Waals surface area contributed by atoms with Crippen molar-refractivity contribution < 1.29 is 9.59 Å². The number of thioether (sulfide) groups is 1. The fourth-order valence-electron chi connectivity index (χ4n) is 6.28. The van der Waals surface area contributed by atoms with E-state index in [1.54, 1.807) is 4.90 Å². The Hall–Kier alpha value is -2.71. The molecule has 3 atom stereocenters. The molecule has 2 fully saturated rings. The lowest BCUT2D eigenvalue weighted by atomic mass is 9.71. The molecule has 37 heavy (non-hydrogen) atoms. The van der Waals surface area contributed by atoms with Crippen molar-refractivity contribution >= 4 is 57.4 Å². The van der Waals surface area contributed by atoms with E-state index in [0.717, 1.165) is 34.4 Å². The van der Waals surface area contributed by atoms with Gasteiger partial charge >= 0.3 is 0 Å². The second-order valence-electron chi connectivity index (χ2n) is 9.86. The highest BCUT2D eigenvalue weighted by atomic mass is 35.5. The van der Waals surface area contributed by atoms with Crippen molar-refractivity contribution in [1.82, 2.24) is 9.80 Å². The van der Waals surface area contributed by atoms with Crippen LogP contribution in [0.5, 0.6) is 0 Å². The summed E-state index contributed by atoms with van der Waals surface area (Å²) in [6, 6.07) is 23.5. The Balaban J connectivity index is 1.58. The first kappa shape index (κ1) is 24.6. The van der Waals surface area contributed by atoms with Crippen molar-refractivity contribution in [2.24, 2.45) is 0 Å². The molecule has 188 valence electrons. The quantitative estimate of drug-likeness (QED) is 0.432. The van der Waals surface area contributed by atoms with Gasteiger partial charge < -0.3 is 5.32 Å². The number of nitrogens with one attached hydrogen (secondary N) is 1. The first-order valence-corrected chi connectivity index (χ1v) is 13.9. The number of carbonyl (C=O) groups is 2. The number of hydrogen-bond donors (Lipinski definition) is 1. The smallest absolute Gasteiger partial charge is 0.251 e. The number of aryl methyl sites for hydroxylation is 1. The lowest BCUT2D eigenvalue weighted by Gasteiger charge is -2.42. The summed E-state index contributed by atoms with van der Waals surface area (Å²) in [6.45, 7) is 2.98. The van der Waals surface area contributed by atoms with Crippen LogP contribution < -0.4 is 5.32 Å². The van der Waals surface area contributed by atoms with E-state index in [1.807, 2.05) is 73.8 Å². The largest absolute Gasteiger partial charge is 0.324 e. The number of carbonyl (C=O) groups excluding carboxylic acids is 2. The third kappa shape index (κ3) is 3.37. The summed E-state index contributed by atoms with van der Waals surface area (Å²) >= 11 is 13.5. The van der Waals surface area contributed by atoms with Gasteiger partial charge in [0.25, 0.3) is 5.91 Å². The predicted octanol–water partition coefficient (Wildman–Crippen LogP) is 5.58. The Bertz CT molecular complexity index is 1430. The standard InChI is InChI=1S/C29H26ClN3O2S2/c1-3-18-9-14-24-22(15-18)28(25(34)31-24)29(23(17-32(28)2)20-10-12-21(30)13-11-20)26(35)33(27(36)37-29)16-19-7-5-4-6-8-19/h4-15,23H,3,16-17H2,1-2H3,(H,31,34).